The molecule has 0 saturated heterocycles. The number of hydrogen-bond donors (Lipinski definition) is 2. The molecule has 3 N–H and O–H groups in total. The minimum Gasteiger partial charge on any atom is -0.425 e. The molecular formula is C7H10N4O. The van der Waals surface area contributed by atoms with Crippen molar-refractivity contribution in [1.29, 1.82) is 0 Å². The van der Waals surface area contributed by atoms with Crippen LogP contribution in [0.3, 0.4) is 0 Å². The highest BCUT2D eigenvalue weighted by Crippen LogP contribution is 1.77. The molecule has 0 unspecified atom stereocenters. The van der Waals surface area contributed by atoms with E-state index < -0.39 is 0 Å². The Hall–Kier alpha value is -1.78. The average molecular weight is 166 g/mol. The third-order valence-corrected chi connectivity index (χ3v) is 1.16. The fraction of sp³-hybridized carbons (Fsp3) is 0.143. The van der Waals surface area contributed by atoms with Gasteiger partial charge in [-0.1, -0.05) is 6.58 Å². The first-order valence-electron chi connectivity index (χ1n) is 3.36. The lowest BCUT2D eigenvalue weighted by Crippen LogP contribution is -2.19. The van der Waals surface area contributed by atoms with E-state index in [0.29, 0.717) is 17.7 Å². The summed E-state index contributed by atoms with van der Waals surface area (Å²) in [4.78, 5) is 7.63. The highest BCUT2D eigenvalue weighted by Gasteiger charge is 1.87. The standard InChI is InChI=1S/C7H10N4O/c1-6(8)4-10-7-2-3-9-5-11(7)12/h2-3,5,12H,1,4,8H2. The Labute approximate surface area is 69.5 Å². The molecule has 64 valence electrons. The molecule has 5 heteroatoms. The van der Waals surface area contributed by atoms with Gasteiger partial charge in [0.25, 0.3) is 0 Å². The molecule has 0 aliphatic heterocycles. The van der Waals surface area contributed by atoms with Crippen molar-refractivity contribution in [3.8, 4) is 0 Å². The largest absolute Gasteiger partial charge is 0.425 e. The van der Waals surface area contributed by atoms with Gasteiger partial charge in [0, 0.05) is 18.0 Å². The van der Waals surface area contributed by atoms with Crippen LogP contribution in [0, 0.1) is 0 Å². The van der Waals surface area contributed by atoms with Gasteiger partial charge in [0.15, 0.2) is 5.49 Å². The minimum atomic E-state index is 0.296. The van der Waals surface area contributed by atoms with E-state index in [-0.39, 0.29) is 0 Å². The van der Waals surface area contributed by atoms with Crippen molar-refractivity contribution >= 4 is 0 Å². The van der Waals surface area contributed by atoms with Gasteiger partial charge in [-0.2, -0.15) is 4.73 Å². The second-order valence-corrected chi connectivity index (χ2v) is 2.26. The van der Waals surface area contributed by atoms with E-state index >= 15 is 0 Å². The molecule has 0 aliphatic carbocycles. The lowest BCUT2D eigenvalue weighted by molar-refractivity contribution is 0.168. The molecule has 0 fully saturated rings. The number of hydrogen-bond acceptors (Lipinski definition) is 4. The van der Waals surface area contributed by atoms with E-state index in [2.05, 4.69) is 16.6 Å². The van der Waals surface area contributed by atoms with Gasteiger partial charge < -0.3 is 10.9 Å². The molecular weight excluding hydrogens is 156 g/mol. The normalized spacial score (nSPS) is 11.5. The highest BCUT2D eigenvalue weighted by atomic mass is 16.5. The maximum absolute atomic E-state index is 9.11. The van der Waals surface area contributed by atoms with Crippen LogP contribution in [0.4, 0.5) is 0 Å². The zero-order valence-corrected chi connectivity index (χ0v) is 6.51. The smallest absolute Gasteiger partial charge is 0.167 e. The average Bonchev–Trinajstić information content (AvgIpc) is 2.03. The summed E-state index contributed by atoms with van der Waals surface area (Å²) in [5.74, 6) is 0. The molecule has 5 nitrogen and oxygen atoms in total. The van der Waals surface area contributed by atoms with Crippen LogP contribution >= 0.6 is 0 Å². The summed E-state index contributed by atoms with van der Waals surface area (Å²) in [5, 5.41) is 9.11. The second kappa shape index (κ2) is 3.56. The first kappa shape index (κ1) is 8.32. The zero-order chi connectivity index (χ0) is 8.97. The monoisotopic (exact) mass is 166 g/mol. The predicted octanol–water partition coefficient (Wildman–Crippen LogP) is -0.507. The van der Waals surface area contributed by atoms with Crippen LogP contribution in [-0.2, 0) is 0 Å². The van der Waals surface area contributed by atoms with Gasteiger partial charge in [0.1, 0.15) is 6.33 Å². The summed E-state index contributed by atoms with van der Waals surface area (Å²) in [6.07, 6.45) is 2.78. The van der Waals surface area contributed by atoms with Crippen molar-refractivity contribution in [3.05, 3.63) is 36.4 Å². The Morgan fingerprint density at radius 1 is 1.83 bits per heavy atom. The lowest BCUT2D eigenvalue weighted by Gasteiger charge is -1.95. The van der Waals surface area contributed by atoms with E-state index in [1.54, 1.807) is 6.07 Å². The molecule has 1 heterocycles. The molecule has 1 rings (SSSR count). The van der Waals surface area contributed by atoms with Crippen molar-refractivity contribution in [2.75, 3.05) is 6.54 Å². The Morgan fingerprint density at radius 3 is 3.17 bits per heavy atom. The molecule has 1 aromatic rings. The molecule has 0 bridgehead atoms. The van der Waals surface area contributed by atoms with E-state index in [9.17, 15) is 0 Å². The third-order valence-electron chi connectivity index (χ3n) is 1.16. The van der Waals surface area contributed by atoms with E-state index in [1.165, 1.54) is 12.5 Å². The van der Waals surface area contributed by atoms with Crippen LogP contribution in [0.2, 0.25) is 0 Å². The summed E-state index contributed by atoms with van der Waals surface area (Å²) in [6.45, 7) is 3.77. The van der Waals surface area contributed by atoms with Gasteiger partial charge in [0.05, 0.1) is 6.54 Å². The third kappa shape index (κ3) is 2.12. The molecule has 0 radical (unpaired) electrons. The molecule has 1 aromatic heterocycles. The van der Waals surface area contributed by atoms with Gasteiger partial charge >= 0.3 is 0 Å². The Morgan fingerprint density at radius 2 is 2.58 bits per heavy atom. The van der Waals surface area contributed by atoms with Crippen LogP contribution in [0.25, 0.3) is 0 Å². The molecule has 0 aromatic carbocycles. The van der Waals surface area contributed by atoms with E-state index in [4.69, 9.17) is 10.9 Å². The van der Waals surface area contributed by atoms with Crippen molar-refractivity contribution in [2.24, 2.45) is 10.7 Å². The highest BCUT2D eigenvalue weighted by molar-refractivity contribution is 4.90. The molecule has 0 amide bonds. The number of nitrogens with two attached hydrogens (primary N) is 1. The van der Waals surface area contributed by atoms with Crippen LogP contribution in [-0.4, -0.2) is 21.5 Å². The molecule has 0 spiro atoms. The van der Waals surface area contributed by atoms with Gasteiger partial charge in [-0.05, 0) is 0 Å². The number of rotatable bonds is 2. The van der Waals surface area contributed by atoms with Crippen LogP contribution in [0.1, 0.15) is 0 Å². The Balaban J connectivity index is 2.94. The first-order chi connectivity index (χ1) is 5.70. The van der Waals surface area contributed by atoms with Gasteiger partial charge in [-0.25, -0.2) is 4.98 Å². The summed E-state index contributed by atoms with van der Waals surface area (Å²) < 4.78 is 0.822. The van der Waals surface area contributed by atoms with E-state index in [1.807, 2.05) is 0 Å². The fourth-order valence-corrected chi connectivity index (χ4v) is 0.655. The molecule has 12 heavy (non-hydrogen) atoms. The Bertz CT molecular complexity index is 341. The van der Waals surface area contributed by atoms with Crippen molar-refractivity contribution in [3.63, 3.8) is 0 Å². The SMILES string of the molecule is C=C(N)CN=c1ccncn1O. The Kier molecular flexibility index (Phi) is 2.47. The van der Waals surface area contributed by atoms with E-state index in [0.717, 1.165) is 4.73 Å². The maximum atomic E-state index is 9.11. The second-order valence-electron chi connectivity index (χ2n) is 2.26. The maximum Gasteiger partial charge on any atom is 0.167 e. The van der Waals surface area contributed by atoms with Gasteiger partial charge in [-0.3, -0.25) is 4.99 Å². The van der Waals surface area contributed by atoms with Gasteiger partial charge in [0.2, 0.25) is 0 Å². The summed E-state index contributed by atoms with van der Waals surface area (Å²) in [7, 11) is 0. The molecule has 0 saturated carbocycles. The van der Waals surface area contributed by atoms with Crippen molar-refractivity contribution in [1.82, 2.24) is 9.71 Å². The van der Waals surface area contributed by atoms with Crippen molar-refractivity contribution in [2.45, 2.75) is 0 Å². The topological polar surface area (TPSA) is 76.4 Å². The van der Waals surface area contributed by atoms with Gasteiger partial charge in [-0.15, -0.1) is 0 Å². The number of nitrogens with zero attached hydrogens (tertiary/aromatic N) is 3. The zero-order valence-electron chi connectivity index (χ0n) is 6.51. The van der Waals surface area contributed by atoms with Crippen molar-refractivity contribution < 1.29 is 5.21 Å². The minimum absolute atomic E-state index is 0.296. The van der Waals surface area contributed by atoms with Crippen LogP contribution in [0.5, 0.6) is 0 Å². The van der Waals surface area contributed by atoms with Crippen LogP contribution in [0.15, 0.2) is 35.9 Å². The summed E-state index contributed by atoms with van der Waals surface area (Å²) in [6, 6.07) is 1.57. The summed E-state index contributed by atoms with van der Waals surface area (Å²) >= 11 is 0. The lowest BCUT2D eigenvalue weighted by atomic mass is 10.5. The fourth-order valence-electron chi connectivity index (χ4n) is 0.655. The molecule has 0 aliphatic rings. The molecule has 0 atom stereocenters. The predicted molar refractivity (Wildman–Crippen MR) is 43.2 cm³/mol. The number of aromatic nitrogens is 2. The summed E-state index contributed by atoms with van der Waals surface area (Å²) in [5.41, 5.74) is 6.15. The van der Waals surface area contributed by atoms with Crippen LogP contribution < -0.4 is 11.2 Å². The first-order valence-corrected chi connectivity index (χ1v) is 3.36. The quantitative estimate of drug-likeness (QED) is 0.581.